The predicted molar refractivity (Wildman–Crippen MR) is 123 cm³/mol. The van der Waals surface area contributed by atoms with E-state index in [9.17, 15) is 0 Å². The second-order valence-corrected chi connectivity index (χ2v) is 20.4. The van der Waals surface area contributed by atoms with Gasteiger partial charge in [-0.15, -0.1) is 0 Å². The second-order valence-electron chi connectivity index (χ2n) is 8.90. The molecule has 0 spiro atoms. The van der Waals surface area contributed by atoms with Crippen molar-refractivity contribution in [2.45, 2.75) is 123 Å². The topological polar surface area (TPSA) is 0 Å². The van der Waals surface area contributed by atoms with Crippen LogP contribution in [0.1, 0.15) is 110 Å². The van der Waals surface area contributed by atoms with E-state index in [2.05, 4.69) is 20.0 Å². The zero-order valence-corrected chi connectivity index (χ0v) is 24.3. The Hall–Kier alpha value is 0.901. The molecule has 0 atom stereocenters. The first-order chi connectivity index (χ1) is 11.5. The number of hydrogen-bond acceptors (Lipinski definition) is 0. The van der Waals surface area contributed by atoms with E-state index >= 15 is 0 Å². The number of quaternary nitrogens is 1. The molecule has 0 aliphatic rings. The standard InChI is InChI=1S/C20H50NSi3.ClH/c1-4-5-6-7-8-9-10-11-12-13-14-15-16-17-18-19-20-21(22,23)24(2)3;/h24H,4-20H2,1-3,22-23H3;1H/q+1;/p-1. The van der Waals surface area contributed by atoms with Gasteiger partial charge in [0.15, 0.2) is 0 Å². The summed E-state index contributed by atoms with van der Waals surface area (Å²) in [6, 6.07) is 0. The molecule has 5 heteroatoms. The van der Waals surface area contributed by atoms with Crippen LogP contribution in [0.25, 0.3) is 0 Å². The second kappa shape index (κ2) is 19.7. The summed E-state index contributed by atoms with van der Waals surface area (Å²) in [7, 11) is 2.42. The van der Waals surface area contributed by atoms with Gasteiger partial charge in [-0.05, 0) is 25.9 Å². The van der Waals surface area contributed by atoms with Crippen LogP contribution >= 0.6 is 0 Å². The Morgan fingerprint density at radius 2 is 0.840 bits per heavy atom. The highest BCUT2D eigenvalue weighted by Gasteiger charge is 2.17. The van der Waals surface area contributed by atoms with Crippen LogP contribution < -0.4 is 12.4 Å². The van der Waals surface area contributed by atoms with Crippen molar-refractivity contribution in [3.05, 3.63) is 0 Å². The molecule has 0 N–H and O–H groups in total. The third kappa shape index (κ3) is 19.5. The Morgan fingerprint density at radius 3 is 1.12 bits per heavy atom. The van der Waals surface area contributed by atoms with Gasteiger partial charge in [0, 0.05) is 6.54 Å². The molecule has 0 fully saturated rings. The SMILES string of the molecule is CCCCCCCCCCCCCCCCCC[N+]([SiH3])([SiH3])[SiH](C)C.[Cl-]. The van der Waals surface area contributed by atoms with Crippen LogP contribution in [0.3, 0.4) is 0 Å². The fourth-order valence-electron chi connectivity index (χ4n) is 3.33. The highest BCUT2D eigenvalue weighted by Crippen LogP contribution is 2.14. The first-order valence-corrected chi connectivity index (χ1v) is 15.9. The van der Waals surface area contributed by atoms with Crippen molar-refractivity contribution < 1.29 is 15.9 Å². The van der Waals surface area contributed by atoms with Crippen molar-refractivity contribution in [1.29, 1.82) is 0 Å². The van der Waals surface area contributed by atoms with Crippen LogP contribution in [0.5, 0.6) is 0 Å². The molecule has 0 rings (SSSR count). The Morgan fingerprint density at radius 1 is 0.560 bits per heavy atom. The highest BCUT2D eigenvalue weighted by molar-refractivity contribution is 6.56. The van der Waals surface area contributed by atoms with Crippen molar-refractivity contribution >= 4 is 29.8 Å². The molecule has 0 aromatic carbocycles. The first-order valence-electron chi connectivity index (χ1n) is 11.3. The normalized spacial score (nSPS) is 13.9. The molecule has 0 amide bonds. The lowest BCUT2D eigenvalue weighted by Gasteiger charge is -2.39. The number of nitrogens with zero attached hydrogens (tertiary/aromatic N) is 1. The third-order valence-corrected chi connectivity index (χ3v) is 16.1. The van der Waals surface area contributed by atoms with Gasteiger partial charge in [0.05, 0.1) is 0 Å². The summed E-state index contributed by atoms with van der Waals surface area (Å²) in [6.07, 6.45) is 23.7. The largest absolute Gasteiger partial charge is 1.00 e. The van der Waals surface area contributed by atoms with Crippen LogP contribution in [0.2, 0.25) is 13.1 Å². The van der Waals surface area contributed by atoms with Gasteiger partial charge in [-0.25, -0.2) is 0 Å². The van der Waals surface area contributed by atoms with Gasteiger partial charge >= 0.3 is 0 Å². The fourth-order valence-corrected chi connectivity index (χ4v) is 4.66. The molecular weight excluding hydrogens is 374 g/mol. The molecule has 0 saturated heterocycles. The summed E-state index contributed by atoms with van der Waals surface area (Å²) in [5.74, 6) is 0. The Kier molecular flexibility index (Phi) is 22.1. The zero-order chi connectivity index (χ0) is 18.1. The molecule has 0 heterocycles. The van der Waals surface area contributed by atoms with E-state index in [-0.39, 0.29) is 12.4 Å². The molecular formula is C20H50ClNSi3. The molecule has 0 aliphatic carbocycles. The zero-order valence-electron chi connectivity index (χ0n) is 18.4. The summed E-state index contributed by atoms with van der Waals surface area (Å²) in [5.41, 5.74) is 0. The summed E-state index contributed by atoms with van der Waals surface area (Å²) < 4.78 is 1.60. The van der Waals surface area contributed by atoms with E-state index in [1.54, 1.807) is 3.48 Å². The summed E-state index contributed by atoms with van der Waals surface area (Å²) in [5, 5.41) is 0. The molecule has 154 valence electrons. The molecule has 0 radical (unpaired) electrons. The lowest BCUT2D eigenvalue weighted by molar-refractivity contribution is -0.569. The van der Waals surface area contributed by atoms with Crippen molar-refractivity contribution in [1.82, 2.24) is 0 Å². The molecule has 0 unspecified atom stereocenters. The van der Waals surface area contributed by atoms with Gasteiger partial charge in [0.1, 0.15) is 0 Å². The smallest absolute Gasteiger partial charge is 0.229 e. The van der Waals surface area contributed by atoms with Gasteiger partial charge in [-0.1, -0.05) is 96.8 Å². The van der Waals surface area contributed by atoms with Crippen LogP contribution in [0, 0.1) is 0 Å². The number of unbranched alkanes of at least 4 members (excludes halogenated alkanes) is 15. The monoisotopic (exact) mass is 423 g/mol. The molecule has 25 heavy (non-hydrogen) atoms. The molecule has 1 nitrogen and oxygen atoms in total. The van der Waals surface area contributed by atoms with E-state index in [1.165, 1.54) is 130 Å². The maximum absolute atomic E-state index is 2.55. The summed E-state index contributed by atoms with van der Waals surface area (Å²) in [6.45, 7) is 8.93. The van der Waals surface area contributed by atoms with Crippen molar-refractivity contribution in [2.24, 2.45) is 0 Å². The average Bonchev–Trinajstić information content (AvgIpc) is 2.54. The first kappa shape index (κ1) is 28.1. The Balaban J connectivity index is 0. The van der Waals surface area contributed by atoms with Gasteiger partial charge < -0.3 is 15.9 Å². The average molecular weight is 424 g/mol. The molecule has 0 saturated carbocycles. The molecule has 0 aromatic rings. The van der Waals surface area contributed by atoms with E-state index in [4.69, 9.17) is 0 Å². The highest BCUT2D eigenvalue weighted by atomic mass is 35.5. The van der Waals surface area contributed by atoms with Crippen molar-refractivity contribution in [2.75, 3.05) is 6.54 Å². The van der Waals surface area contributed by atoms with E-state index in [0.717, 1.165) is 0 Å². The van der Waals surface area contributed by atoms with E-state index in [0.29, 0.717) is 0 Å². The third-order valence-electron chi connectivity index (χ3n) is 5.99. The van der Waals surface area contributed by atoms with Gasteiger partial charge in [0.25, 0.3) is 0 Å². The quantitative estimate of drug-likeness (QED) is 0.232. The van der Waals surface area contributed by atoms with E-state index < -0.39 is 8.96 Å². The van der Waals surface area contributed by atoms with Gasteiger partial charge in [-0.3, -0.25) is 0 Å². The van der Waals surface area contributed by atoms with Crippen LogP contribution in [0.15, 0.2) is 0 Å². The summed E-state index contributed by atoms with van der Waals surface area (Å²) >= 11 is 0. The molecule has 0 aliphatic heterocycles. The summed E-state index contributed by atoms with van der Waals surface area (Å²) in [4.78, 5) is 0. The van der Waals surface area contributed by atoms with Crippen LogP contribution in [-0.4, -0.2) is 39.8 Å². The lowest BCUT2D eigenvalue weighted by Crippen LogP contribution is -3.00. The minimum atomic E-state index is -0.413. The maximum Gasteiger partial charge on any atom is 0.229 e. The van der Waals surface area contributed by atoms with Crippen molar-refractivity contribution in [3.8, 4) is 0 Å². The minimum absolute atomic E-state index is 0. The fraction of sp³-hybridized carbons (Fsp3) is 1.00. The maximum atomic E-state index is 2.55. The Labute approximate surface area is 174 Å². The number of hydrogen-bond donors (Lipinski definition) is 0. The minimum Gasteiger partial charge on any atom is -1.00 e. The molecule has 0 bridgehead atoms. The predicted octanol–water partition coefficient (Wildman–Crippen LogP) is 1.61. The van der Waals surface area contributed by atoms with E-state index in [1.807, 2.05) is 0 Å². The number of halogens is 1. The van der Waals surface area contributed by atoms with Gasteiger partial charge in [0.2, 0.25) is 29.8 Å². The van der Waals surface area contributed by atoms with Crippen LogP contribution in [0.4, 0.5) is 0 Å². The molecule has 0 aromatic heterocycles. The van der Waals surface area contributed by atoms with Gasteiger partial charge in [-0.2, -0.15) is 0 Å². The number of rotatable bonds is 18. The Bertz CT molecular complexity index is 263. The van der Waals surface area contributed by atoms with Crippen molar-refractivity contribution in [3.63, 3.8) is 0 Å². The lowest BCUT2D eigenvalue weighted by atomic mass is 10.0. The van der Waals surface area contributed by atoms with Crippen LogP contribution in [-0.2, 0) is 0 Å².